The Morgan fingerprint density at radius 3 is 2.60 bits per heavy atom. The molecule has 30 heavy (non-hydrogen) atoms. The minimum atomic E-state index is -0.625. The first kappa shape index (κ1) is 20.3. The molecule has 1 aliphatic rings. The molecule has 6 nitrogen and oxygen atoms in total. The highest BCUT2D eigenvalue weighted by molar-refractivity contribution is 7.14. The maximum Gasteiger partial charge on any atom is 0.311 e. The Hall–Kier alpha value is -3.03. The van der Waals surface area contributed by atoms with Crippen molar-refractivity contribution in [3.63, 3.8) is 0 Å². The van der Waals surface area contributed by atoms with Crippen LogP contribution < -0.4 is 4.90 Å². The Labute approximate surface area is 182 Å². The zero-order valence-electron chi connectivity index (χ0n) is 15.8. The highest BCUT2D eigenvalue weighted by Gasteiger charge is 2.37. The van der Waals surface area contributed by atoms with Gasteiger partial charge in [-0.25, -0.2) is 4.98 Å². The van der Waals surface area contributed by atoms with Crippen LogP contribution >= 0.6 is 22.9 Å². The molecule has 0 radical (unpaired) electrons. The number of benzene rings is 2. The lowest BCUT2D eigenvalue weighted by molar-refractivity contribution is -0.147. The van der Waals surface area contributed by atoms with E-state index in [2.05, 4.69) is 4.98 Å². The predicted molar refractivity (Wildman–Crippen MR) is 115 cm³/mol. The summed E-state index contributed by atoms with van der Waals surface area (Å²) in [6.07, 6.45) is 0.0359. The summed E-state index contributed by atoms with van der Waals surface area (Å²) in [5.74, 6) is -1.70. The van der Waals surface area contributed by atoms with Crippen LogP contribution in [0.3, 0.4) is 0 Å². The van der Waals surface area contributed by atoms with E-state index in [1.54, 1.807) is 24.3 Å². The number of ether oxygens (including phenoxy) is 1. The number of hydrogen-bond donors (Lipinski definition) is 0. The smallest absolute Gasteiger partial charge is 0.311 e. The van der Waals surface area contributed by atoms with Gasteiger partial charge in [0, 0.05) is 34.5 Å². The van der Waals surface area contributed by atoms with E-state index in [1.165, 1.54) is 16.2 Å². The number of amides is 1. The van der Waals surface area contributed by atoms with E-state index < -0.39 is 11.9 Å². The number of halogens is 1. The predicted octanol–water partition coefficient (Wildman–Crippen LogP) is 4.24. The highest BCUT2D eigenvalue weighted by Crippen LogP contribution is 2.31. The largest absolute Gasteiger partial charge is 0.457 e. The average molecular weight is 441 g/mol. The van der Waals surface area contributed by atoms with Crippen molar-refractivity contribution in [3.05, 3.63) is 70.6 Å². The van der Waals surface area contributed by atoms with Gasteiger partial charge in [-0.1, -0.05) is 41.9 Å². The molecule has 1 aromatic heterocycles. The van der Waals surface area contributed by atoms with Crippen LogP contribution in [0.15, 0.2) is 60.0 Å². The number of thiazole rings is 1. The third-order valence-electron chi connectivity index (χ3n) is 4.76. The third-order valence-corrected chi connectivity index (χ3v) is 5.88. The summed E-state index contributed by atoms with van der Waals surface area (Å²) in [6.45, 7) is -0.185. The van der Waals surface area contributed by atoms with Gasteiger partial charge in [0.1, 0.15) is 0 Å². The van der Waals surface area contributed by atoms with Crippen LogP contribution in [0.25, 0.3) is 11.3 Å². The number of Topliss-reactive ketones (excluding diaryl/α,β-unsaturated/α-hetero) is 1. The van der Waals surface area contributed by atoms with E-state index in [9.17, 15) is 14.4 Å². The van der Waals surface area contributed by atoms with Gasteiger partial charge in [0.05, 0.1) is 11.6 Å². The molecule has 1 atom stereocenters. The second kappa shape index (κ2) is 8.77. The van der Waals surface area contributed by atoms with Crippen LogP contribution in [0.1, 0.15) is 16.8 Å². The van der Waals surface area contributed by atoms with Gasteiger partial charge < -0.3 is 4.74 Å². The SMILES string of the molecule is O=C(COC(=O)[C@H]1CC(=O)N(c2nc(-c3ccccc3)cs2)C1)c1ccc(Cl)cc1. The number of carbonyl (C=O) groups excluding carboxylic acids is 3. The first-order chi connectivity index (χ1) is 14.5. The summed E-state index contributed by atoms with van der Waals surface area (Å²) in [5.41, 5.74) is 2.15. The number of aromatic nitrogens is 1. The van der Waals surface area contributed by atoms with E-state index in [0.29, 0.717) is 15.7 Å². The van der Waals surface area contributed by atoms with Crippen molar-refractivity contribution in [2.45, 2.75) is 6.42 Å². The quantitative estimate of drug-likeness (QED) is 0.423. The van der Waals surface area contributed by atoms with E-state index in [4.69, 9.17) is 16.3 Å². The fraction of sp³-hybridized carbons (Fsp3) is 0.182. The highest BCUT2D eigenvalue weighted by atomic mass is 35.5. The number of rotatable bonds is 6. The summed E-state index contributed by atoms with van der Waals surface area (Å²) in [5, 5.41) is 2.95. The van der Waals surface area contributed by atoms with Gasteiger partial charge in [-0.05, 0) is 24.3 Å². The molecule has 2 heterocycles. The van der Waals surface area contributed by atoms with E-state index >= 15 is 0 Å². The Morgan fingerprint density at radius 2 is 1.87 bits per heavy atom. The minimum absolute atomic E-state index is 0.0359. The molecule has 3 aromatic rings. The zero-order chi connectivity index (χ0) is 21.1. The van der Waals surface area contributed by atoms with Crippen molar-refractivity contribution in [2.75, 3.05) is 18.1 Å². The van der Waals surface area contributed by atoms with E-state index in [1.807, 2.05) is 35.7 Å². The van der Waals surface area contributed by atoms with Crippen molar-refractivity contribution in [1.82, 2.24) is 4.98 Å². The molecule has 0 unspecified atom stereocenters. The molecule has 0 aliphatic carbocycles. The molecule has 4 rings (SSSR count). The molecule has 0 spiro atoms. The average Bonchev–Trinajstić information content (AvgIpc) is 3.40. The normalized spacial score (nSPS) is 16.0. The monoisotopic (exact) mass is 440 g/mol. The Kier molecular flexibility index (Phi) is 5.92. The molecule has 1 fully saturated rings. The number of ketones is 1. The first-order valence-corrected chi connectivity index (χ1v) is 10.5. The minimum Gasteiger partial charge on any atom is -0.457 e. The van der Waals surface area contributed by atoms with Crippen LogP contribution in [-0.4, -0.2) is 35.8 Å². The summed E-state index contributed by atoms with van der Waals surface area (Å²) >= 11 is 7.16. The van der Waals surface area contributed by atoms with Crippen LogP contribution in [0.5, 0.6) is 0 Å². The molecule has 0 bridgehead atoms. The van der Waals surface area contributed by atoms with Gasteiger partial charge in [0.2, 0.25) is 5.91 Å². The van der Waals surface area contributed by atoms with Crippen molar-refractivity contribution in [3.8, 4) is 11.3 Å². The molecule has 152 valence electrons. The summed E-state index contributed by atoms with van der Waals surface area (Å²) < 4.78 is 5.16. The molecule has 8 heteroatoms. The molecule has 2 aromatic carbocycles. The Bertz CT molecular complexity index is 1080. The van der Waals surface area contributed by atoms with Crippen molar-refractivity contribution in [2.24, 2.45) is 5.92 Å². The second-order valence-electron chi connectivity index (χ2n) is 6.82. The topological polar surface area (TPSA) is 76.6 Å². The lowest BCUT2D eigenvalue weighted by atomic mass is 10.1. The van der Waals surface area contributed by atoms with Crippen LogP contribution in [0, 0.1) is 5.92 Å². The van der Waals surface area contributed by atoms with Gasteiger partial charge >= 0.3 is 5.97 Å². The number of esters is 1. The van der Waals surface area contributed by atoms with Crippen molar-refractivity contribution >= 4 is 45.7 Å². The van der Waals surface area contributed by atoms with Gasteiger partial charge in [0.15, 0.2) is 17.5 Å². The summed E-state index contributed by atoms with van der Waals surface area (Å²) in [7, 11) is 0. The molecular weight excluding hydrogens is 424 g/mol. The fourth-order valence-electron chi connectivity index (χ4n) is 3.15. The van der Waals surface area contributed by atoms with Gasteiger partial charge in [-0.2, -0.15) is 0 Å². The molecule has 1 saturated heterocycles. The third kappa shape index (κ3) is 4.42. The van der Waals surface area contributed by atoms with Crippen LogP contribution in [0.2, 0.25) is 5.02 Å². The molecular formula is C22H17ClN2O4S. The standard InChI is InChI=1S/C22H17ClN2O4S/c23-17-8-6-15(7-9-17)19(26)12-29-21(28)16-10-20(27)25(11-16)22-24-18(13-30-22)14-4-2-1-3-5-14/h1-9,13,16H,10-12H2/t16-/m0/s1. The van der Waals surface area contributed by atoms with Gasteiger partial charge in [0.25, 0.3) is 0 Å². The molecule has 0 saturated carbocycles. The molecule has 0 N–H and O–H groups in total. The lowest BCUT2D eigenvalue weighted by Crippen LogP contribution is -2.27. The number of anilines is 1. The number of carbonyl (C=O) groups is 3. The van der Waals surface area contributed by atoms with E-state index in [-0.39, 0.29) is 31.3 Å². The van der Waals surface area contributed by atoms with Crippen LogP contribution in [0.4, 0.5) is 5.13 Å². The number of nitrogens with zero attached hydrogens (tertiary/aromatic N) is 2. The van der Waals surface area contributed by atoms with Crippen molar-refractivity contribution in [1.29, 1.82) is 0 Å². The maximum absolute atomic E-state index is 12.4. The van der Waals surface area contributed by atoms with E-state index in [0.717, 1.165) is 11.3 Å². The summed E-state index contributed by atoms with van der Waals surface area (Å²) in [4.78, 5) is 43.0. The first-order valence-electron chi connectivity index (χ1n) is 9.28. The number of hydrogen-bond acceptors (Lipinski definition) is 6. The molecule has 1 aliphatic heterocycles. The molecule has 1 amide bonds. The summed E-state index contributed by atoms with van der Waals surface area (Å²) in [6, 6.07) is 16.0. The van der Waals surface area contributed by atoms with Crippen molar-refractivity contribution < 1.29 is 19.1 Å². The second-order valence-corrected chi connectivity index (χ2v) is 8.10. The Balaban J connectivity index is 1.36. The van der Waals surface area contributed by atoms with Gasteiger partial charge in [-0.15, -0.1) is 11.3 Å². The zero-order valence-corrected chi connectivity index (χ0v) is 17.4. The van der Waals surface area contributed by atoms with Gasteiger partial charge in [-0.3, -0.25) is 19.3 Å². The Morgan fingerprint density at radius 1 is 1.13 bits per heavy atom. The lowest BCUT2D eigenvalue weighted by Gasteiger charge is -2.12. The maximum atomic E-state index is 12.4. The van der Waals surface area contributed by atoms with Crippen LogP contribution in [-0.2, 0) is 14.3 Å². The fourth-order valence-corrected chi connectivity index (χ4v) is 4.14.